The monoisotopic (exact) mass is 276 g/mol. The van der Waals surface area contributed by atoms with Gasteiger partial charge >= 0.3 is 0 Å². The molecule has 0 saturated carbocycles. The zero-order valence-corrected chi connectivity index (χ0v) is 11.4. The van der Waals surface area contributed by atoms with Gasteiger partial charge in [0.2, 0.25) is 5.91 Å². The summed E-state index contributed by atoms with van der Waals surface area (Å²) in [4.78, 5) is 15.8. The number of rotatable bonds is 3. The van der Waals surface area contributed by atoms with Gasteiger partial charge in [-0.25, -0.2) is 9.37 Å². The molecule has 1 heterocycles. The number of anilines is 1. The van der Waals surface area contributed by atoms with Gasteiger partial charge in [-0.05, 0) is 26.0 Å². The van der Waals surface area contributed by atoms with Gasteiger partial charge in [0.25, 0.3) is 0 Å². The van der Waals surface area contributed by atoms with Crippen LogP contribution in [0.15, 0.2) is 41.3 Å². The Morgan fingerprint density at radius 3 is 2.89 bits per heavy atom. The van der Waals surface area contributed by atoms with Gasteiger partial charge in [0, 0.05) is 17.0 Å². The first-order chi connectivity index (χ1) is 9.04. The molecule has 0 aliphatic rings. The lowest BCUT2D eigenvalue weighted by molar-refractivity contribution is -0.111. The largest absolute Gasteiger partial charge is 0.298 e. The van der Waals surface area contributed by atoms with Crippen LogP contribution in [0.4, 0.5) is 9.52 Å². The van der Waals surface area contributed by atoms with Crippen molar-refractivity contribution >= 4 is 22.4 Å². The van der Waals surface area contributed by atoms with Crippen molar-refractivity contribution in [1.29, 1.82) is 0 Å². The number of hydrogen-bond donors (Lipinski definition) is 1. The maximum absolute atomic E-state index is 13.1. The molecule has 98 valence electrons. The molecule has 1 amide bonds. The van der Waals surface area contributed by atoms with E-state index in [0.717, 1.165) is 5.57 Å². The lowest BCUT2D eigenvalue weighted by atomic mass is 10.2. The molecule has 2 rings (SSSR count). The van der Waals surface area contributed by atoms with Crippen molar-refractivity contribution in [3.8, 4) is 11.3 Å². The van der Waals surface area contributed by atoms with Gasteiger partial charge in [-0.3, -0.25) is 10.1 Å². The summed E-state index contributed by atoms with van der Waals surface area (Å²) < 4.78 is 13.1. The first-order valence-corrected chi connectivity index (χ1v) is 6.60. The van der Waals surface area contributed by atoms with E-state index >= 15 is 0 Å². The van der Waals surface area contributed by atoms with Crippen LogP contribution in [0.2, 0.25) is 0 Å². The second kappa shape index (κ2) is 5.75. The Labute approximate surface area is 114 Å². The fraction of sp³-hybridized carbons (Fsp3) is 0.143. The van der Waals surface area contributed by atoms with Crippen molar-refractivity contribution in [1.82, 2.24) is 4.98 Å². The number of allylic oxidation sites excluding steroid dienone is 1. The van der Waals surface area contributed by atoms with E-state index in [9.17, 15) is 9.18 Å². The minimum absolute atomic E-state index is 0.208. The number of aromatic nitrogens is 1. The smallest absolute Gasteiger partial charge is 0.250 e. The summed E-state index contributed by atoms with van der Waals surface area (Å²) in [5.41, 5.74) is 2.26. The third-order valence-electron chi connectivity index (χ3n) is 2.27. The summed E-state index contributed by atoms with van der Waals surface area (Å²) >= 11 is 1.31. The Bertz CT molecular complexity index is 630. The standard InChI is InChI=1S/C14H13FN2OS/c1-9(2)6-13(18)17-14-16-12(8-19-14)10-4-3-5-11(15)7-10/h3-8H,1-2H3,(H,16,17,18). The van der Waals surface area contributed by atoms with Crippen LogP contribution in [-0.4, -0.2) is 10.9 Å². The SMILES string of the molecule is CC(C)=CC(=O)Nc1nc(-c2cccc(F)c2)cs1. The topological polar surface area (TPSA) is 42.0 Å². The van der Waals surface area contributed by atoms with Gasteiger partial charge in [0.05, 0.1) is 5.69 Å². The fourth-order valence-electron chi connectivity index (χ4n) is 1.52. The molecule has 5 heteroatoms. The van der Waals surface area contributed by atoms with E-state index in [0.29, 0.717) is 16.4 Å². The van der Waals surface area contributed by atoms with Crippen molar-refractivity contribution in [2.75, 3.05) is 5.32 Å². The number of carbonyl (C=O) groups is 1. The highest BCUT2D eigenvalue weighted by Gasteiger charge is 2.07. The van der Waals surface area contributed by atoms with Crippen LogP contribution in [0.1, 0.15) is 13.8 Å². The van der Waals surface area contributed by atoms with E-state index in [-0.39, 0.29) is 11.7 Å². The Kier molecular flexibility index (Phi) is 4.06. The number of amides is 1. The number of hydrogen-bond acceptors (Lipinski definition) is 3. The molecule has 0 saturated heterocycles. The first-order valence-electron chi connectivity index (χ1n) is 5.72. The number of nitrogens with one attached hydrogen (secondary N) is 1. The Morgan fingerprint density at radius 2 is 2.21 bits per heavy atom. The molecular weight excluding hydrogens is 263 g/mol. The maximum atomic E-state index is 13.1. The highest BCUT2D eigenvalue weighted by Crippen LogP contribution is 2.25. The molecule has 0 radical (unpaired) electrons. The quantitative estimate of drug-likeness (QED) is 0.865. The summed E-state index contributed by atoms with van der Waals surface area (Å²) in [6.45, 7) is 3.69. The van der Waals surface area contributed by atoms with Gasteiger partial charge in [-0.1, -0.05) is 17.7 Å². The fourth-order valence-corrected chi connectivity index (χ4v) is 2.24. The lowest BCUT2D eigenvalue weighted by Crippen LogP contribution is -2.07. The van der Waals surface area contributed by atoms with Crippen molar-refractivity contribution < 1.29 is 9.18 Å². The number of benzene rings is 1. The third-order valence-corrected chi connectivity index (χ3v) is 3.03. The van der Waals surface area contributed by atoms with Crippen molar-refractivity contribution in [2.45, 2.75) is 13.8 Å². The molecule has 0 unspecified atom stereocenters. The molecule has 1 aromatic heterocycles. The lowest BCUT2D eigenvalue weighted by Gasteiger charge is -1.98. The average molecular weight is 276 g/mol. The van der Waals surface area contributed by atoms with E-state index in [1.54, 1.807) is 17.5 Å². The second-order valence-electron chi connectivity index (χ2n) is 4.26. The number of halogens is 1. The molecule has 0 spiro atoms. The molecule has 0 fully saturated rings. The predicted octanol–water partition coefficient (Wildman–Crippen LogP) is 3.85. The molecule has 3 nitrogen and oxygen atoms in total. The van der Waals surface area contributed by atoms with Crippen LogP contribution in [0.3, 0.4) is 0 Å². The van der Waals surface area contributed by atoms with Crippen LogP contribution in [0.25, 0.3) is 11.3 Å². The molecule has 1 N–H and O–H groups in total. The molecule has 0 aliphatic carbocycles. The van der Waals surface area contributed by atoms with E-state index in [2.05, 4.69) is 10.3 Å². The molecule has 0 atom stereocenters. The highest BCUT2D eigenvalue weighted by molar-refractivity contribution is 7.14. The molecule has 19 heavy (non-hydrogen) atoms. The average Bonchev–Trinajstić information content (AvgIpc) is 2.76. The Morgan fingerprint density at radius 1 is 1.42 bits per heavy atom. The predicted molar refractivity (Wildman–Crippen MR) is 75.6 cm³/mol. The first kappa shape index (κ1) is 13.4. The van der Waals surface area contributed by atoms with Gasteiger partial charge < -0.3 is 0 Å². The Hall–Kier alpha value is -2.01. The second-order valence-corrected chi connectivity index (χ2v) is 5.12. The highest BCUT2D eigenvalue weighted by atomic mass is 32.1. The van der Waals surface area contributed by atoms with Crippen molar-refractivity contribution in [3.63, 3.8) is 0 Å². The Balaban J connectivity index is 2.16. The molecular formula is C14H13FN2OS. The maximum Gasteiger partial charge on any atom is 0.250 e. The van der Waals surface area contributed by atoms with E-state index in [4.69, 9.17) is 0 Å². The van der Waals surface area contributed by atoms with Crippen LogP contribution in [-0.2, 0) is 4.79 Å². The minimum Gasteiger partial charge on any atom is -0.298 e. The molecule has 2 aromatic rings. The normalized spacial score (nSPS) is 10.1. The van der Waals surface area contributed by atoms with Crippen LogP contribution in [0.5, 0.6) is 0 Å². The van der Waals surface area contributed by atoms with Crippen LogP contribution < -0.4 is 5.32 Å². The minimum atomic E-state index is -0.305. The zero-order chi connectivity index (χ0) is 13.8. The third kappa shape index (κ3) is 3.72. The van der Waals surface area contributed by atoms with E-state index in [1.165, 1.54) is 29.5 Å². The van der Waals surface area contributed by atoms with Crippen molar-refractivity contribution in [3.05, 3.63) is 47.1 Å². The van der Waals surface area contributed by atoms with Crippen molar-refractivity contribution in [2.24, 2.45) is 0 Å². The van der Waals surface area contributed by atoms with Crippen LogP contribution >= 0.6 is 11.3 Å². The van der Waals surface area contributed by atoms with Gasteiger partial charge in [-0.2, -0.15) is 0 Å². The van der Waals surface area contributed by atoms with Gasteiger partial charge in [0.15, 0.2) is 5.13 Å². The number of thiazole rings is 1. The zero-order valence-electron chi connectivity index (χ0n) is 10.6. The summed E-state index contributed by atoms with van der Waals surface area (Å²) in [5, 5.41) is 4.96. The summed E-state index contributed by atoms with van der Waals surface area (Å²) in [5.74, 6) is -0.513. The van der Waals surface area contributed by atoms with Gasteiger partial charge in [0.1, 0.15) is 5.82 Å². The molecule has 0 bridgehead atoms. The number of carbonyl (C=O) groups excluding carboxylic acids is 1. The van der Waals surface area contributed by atoms with Gasteiger partial charge in [-0.15, -0.1) is 11.3 Å². The summed E-state index contributed by atoms with van der Waals surface area (Å²) in [6.07, 6.45) is 1.50. The summed E-state index contributed by atoms with van der Waals surface area (Å²) in [7, 11) is 0. The molecule has 0 aliphatic heterocycles. The summed E-state index contributed by atoms with van der Waals surface area (Å²) in [6, 6.07) is 6.20. The van der Waals surface area contributed by atoms with E-state index in [1.807, 2.05) is 13.8 Å². The van der Waals surface area contributed by atoms with Crippen LogP contribution in [0, 0.1) is 5.82 Å². The number of nitrogens with zero attached hydrogens (tertiary/aromatic N) is 1. The van der Waals surface area contributed by atoms with E-state index < -0.39 is 0 Å². The molecule has 1 aromatic carbocycles.